The van der Waals surface area contributed by atoms with E-state index in [9.17, 15) is 13.2 Å². The largest absolute Gasteiger partial charge is 0.471 e. The fourth-order valence-corrected chi connectivity index (χ4v) is 6.64. The number of pyridine rings is 1. The van der Waals surface area contributed by atoms with Crippen LogP contribution in [0.3, 0.4) is 0 Å². The molecule has 2 fully saturated rings. The lowest BCUT2D eigenvalue weighted by molar-refractivity contribution is -0.159. The Kier molecular flexibility index (Phi) is 7.34. The first-order valence-electron chi connectivity index (χ1n) is 15.8. The van der Waals surface area contributed by atoms with Gasteiger partial charge in [0.1, 0.15) is 17.6 Å². The molecule has 8 rings (SSSR count). The van der Waals surface area contributed by atoms with Gasteiger partial charge in [-0.15, -0.1) is 0 Å². The van der Waals surface area contributed by atoms with Gasteiger partial charge in [0.2, 0.25) is 5.82 Å². The summed E-state index contributed by atoms with van der Waals surface area (Å²) in [5.41, 5.74) is 4.06. The number of hydrogen-bond donors (Lipinski definition) is 0. The normalized spacial score (nSPS) is 21.4. The molecule has 3 aliphatic rings. The molecule has 2 unspecified atom stereocenters. The van der Waals surface area contributed by atoms with Gasteiger partial charge in [-0.05, 0) is 74.7 Å². The van der Waals surface area contributed by atoms with Gasteiger partial charge in [-0.3, -0.25) is 9.88 Å². The third-order valence-corrected chi connectivity index (χ3v) is 9.29. The molecule has 0 N–H and O–H groups in total. The van der Waals surface area contributed by atoms with Gasteiger partial charge in [-0.2, -0.15) is 23.4 Å². The van der Waals surface area contributed by atoms with Gasteiger partial charge >= 0.3 is 12.1 Å². The van der Waals surface area contributed by atoms with E-state index >= 15 is 0 Å². The number of aromatic nitrogens is 5. The Morgan fingerprint density at radius 1 is 1.04 bits per heavy atom. The van der Waals surface area contributed by atoms with Crippen molar-refractivity contribution in [3.63, 3.8) is 0 Å². The Morgan fingerprint density at radius 3 is 2.56 bits per heavy atom. The second kappa shape index (κ2) is 11.6. The van der Waals surface area contributed by atoms with Crippen LogP contribution in [-0.4, -0.2) is 55.4 Å². The zero-order valence-corrected chi connectivity index (χ0v) is 25.9. The molecule has 0 spiro atoms. The lowest BCUT2D eigenvalue weighted by Gasteiger charge is -2.33. The summed E-state index contributed by atoms with van der Waals surface area (Å²) in [7, 11) is 0. The highest BCUT2D eigenvalue weighted by molar-refractivity contribution is 5.81. The van der Waals surface area contributed by atoms with Gasteiger partial charge in [0.25, 0.3) is 5.79 Å². The van der Waals surface area contributed by atoms with Crippen molar-refractivity contribution in [2.75, 3.05) is 19.7 Å². The minimum atomic E-state index is -4.72. The molecule has 0 radical (unpaired) electrons. The summed E-state index contributed by atoms with van der Waals surface area (Å²) in [6.45, 7) is 5.48. The van der Waals surface area contributed by atoms with Crippen LogP contribution >= 0.6 is 0 Å². The highest BCUT2D eigenvalue weighted by Gasteiger charge is 2.42. The number of piperidine rings is 1. The number of nitriles is 1. The van der Waals surface area contributed by atoms with Crippen molar-refractivity contribution < 1.29 is 31.9 Å². The summed E-state index contributed by atoms with van der Waals surface area (Å²) in [6, 6.07) is 16.8. The van der Waals surface area contributed by atoms with E-state index in [0.717, 1.165) is 61.6 Å². The minimum Gasteiger partial charge on any atom is -0.443 e. The molecule has 0 aliphatic carbocycles. The molecule has 2 saturated heterocycles. The van der Waals surface area contributed by atoms with Crippen molar-refractivity contribution in [3.8, 4) is 29.0 Å². The smallest absolute Gasteiger partial charge is 0.443 e. The maximum Gasteiger partial charge on any atom is 0.471 e. The lowest BCUT2D eigenvalue weighted by Crippen LogP contribution is -2.35. The quantitative estimate of drug-likeness (QED) is 0.200. The number of benzene rings is 2. The molecular weight excluding hydrogens is 627 g/mol. The molecule has 3 aromatic heterocycles. The second-order valence-electron chi connectivity index (χ2n) is 12.5. The molecule has 0 bridgehead atoms. The number of nitrogens with zero attached hydrogens (tertiary/aromatic N) is 7. The number of rotatable bonds is 7. The van der Waals surface area contributed by atoms with E-state index in [1.54, 1.807) is 24.3 Å². The van der Waals surface area contributed by atoms with Crippen molar-refractivity contribution in [1.82, 2.24) is 29.6 Å². The second-order valence-corrected chi connectivity index (χ2v) is 12.5. The van der Waals surface area contributed by atoms with Crippen molar-refractivity contribution in [1.29, 1.82) is 5.26 Å². The van der Waals surface area contributed by atoms with E-state index in [2.05, 4.69) is 41.3 Å². The van der Waals surface area contributed by atoms with Crippen LogP contribution in [0.5, 0.6) is 11.5 Å². The van der Waals surface area contributed by atoms with Crippen LogP contribution in [0, 0.1) is 11.3 Å². The molecule has 3 aliphatic heterocycles. The molecule has 14 heteroatoms. The van der Waals surface area contributed by atoms with Gasteiger partial charge in [-0.1, -0.05) is 17.3 Å². The van der Waals surface area contributed by atoms with Crippen LogP contribution in [0.1, 0.15) is 60.6 Å². The summed E-state index contributed by atoms with van der Waals surface area (Å²) in [4.78, 5) is 15.3. The monoisotopic (exact) mass is 657 g/mol. The third kappa shape index (κ3) is 5.52. The molecular formula is C34H30F3N7O4. The zero-order chi connectivity index (χ0) is 33.0. The van der Waals surface area contributed by atoms with E-state index < -0.39 is 17.9 Å². The van der Waals surface area contributed by atoms with Crippen LogP contribution < -0.4 is 9.47 Å². The van der Waals surface area contributed by atoms with E-state index in [-0.39, 0.29) is 17.8 Å². The van der Waals surface area contributed by atoms with Gasteiger partial charge in [0.05, 0.1) is 35.8 Å². The van der Waals surface area contributed by atoms with E-state index in [0.29, 0.717) is 41.2 Å². The minimum absolute atomic E-state index is 0.0886. The van der Waals surface area contributed by atoms with Crippen molar-refractivity contribution >= 4 is 11.0 Å². The summed E-state index contributed by atoms with van der Waals surface area (Å²) in [6.07, 6.45) is -0.348. The predicted octanol–water partition coefficient (Wildman–Crippen LogP) is 6.18. The van der Waals surface area contributed by atoms with Crippen molar-refractivity contribution in [2.24, 2.45) is 0 Å². The first-order chi connectivity index (χ1) is 23.2. The topological polar surface area (TPSA) is 124 Å². The number of ether oxygens (including phenoxy) is 3. The molecule has 0 saturated carbocycles. The Morgan fingerprint density at radius 2 is 1.88 bits per heavy atom. The SMILES string of the molecule is CC1(c2ccc(C#N)cn2)Oc2cccc(C3CCN(Cc4nc5cc(-c6noc(C(F)(F)F)n6)ccc5n4CC4CCO4)CC3)c2O1. The lowest BCUT2D eigenvalue weighted by atomic mass is 9.88. The van der Waals surface area contributed by atoms with Crippen LogP contribution in [0.4, 0.5) is 13.2 Å². The van der Waals surface area contributed by atoms with Crippen LogP contribution in [0.2, 0.25) is 0 Å². The van der Waals surface area contributed by atoms with Crippen LogP contribution in [0.25, 0.3) is 22.4 Å². The summed E-state index contributed by atoms with van der Waals surface area (Å²) in [5.74, 6) is -0.0931. The van der Waals surface area contributed by atoms with Gasteiger partial charge in [0.15, 0.2) is 11.5 Å². The molecule has 2 atom stereocenters. The highest BCUT2D eigenvalue weighted by Crippen LogP contribution is 2.49. The summed E-state index contributed by atoms with van der Waals surface area (Å²) < 4.78 is 64.2. The van der Waals surface area contributed by atoms with Gasteiger partial charge in [-0.25, -0.2) is 4.98 Å². The van der Waals surface area contributed by atoms with E-state index in [1.807, 2.05) is 25.1 Å². The van der Waals surface area contributed by atoms with Gasteiger partial charge < -0.3 is 23.3 Å². The Labute approximate surface area is 272 Å². The maximum atomic E-state index is 13.1. The molecule has 5 aromatic rings. The molecule has 11 nitrogen and oxygen atoms in total. The first kappa shape index (κ1) is 30.3. The van der Waals surface area contributed by atoms with Crippen LogP contribution in [-0.2, 0) is 29.8 Å². The Balaban J connectivity index is 0.992. The fourth-order valence-electron chi connectivity index (χ4n) is 6.64. The average molecular weight is 658 g/mol. The number of hydrogen-bond acceptors (Lipinski definition) is 10. The molecule has 6 heterocycles. The molecule has 0 amide bonds. The average Bonchev–Trinajstić information content (AvgIpc) is 3.78. The number of para-hydroxylation sites is 1. The van der Waals surface area contributed by atoms with Crippen molar-refractivity contribution in [2.45, 2.75) is 63.3 Å². The van der Waals surface area contributed by atoms with E-state index in [1.165, 1.54) is 6.20 Å². The third-order valence-electron chi connectivity index (χ3n) is 9.29. The zero-order valence-electron chi connectivity index (χ0n) is 25.9. The highest BCUT2D eigenvalue weighted by atomic mass is 19.4. The summed E-state index contributed by atoms with van der Waals surface area (Å²) >= 11 is 0. The van der Waals surface area contributed by atoms with Gasteiger partial charge in [0, 0.05) is 30.9 Å². The predicted molar refractivity (Wildman–Crippen MR) is 164 cm³/mol. The number of fused-ring (bicyclic) bond motifs is 2. The maximum absolute atomic E-state index is 13.1. The van der Waals surface area contributed by atoms with Crippen LogP contribution in [0.15, 0.2) is 59.3 Å². The Hall–Kier alpha value is -5.00. The van der Waals surface area contributed by atoms with E-state index in [4.69, 9.17) is 24.5 Å². The number of likely N-dealkylation sites (tertiary alicyclic amines) is 1. The first-order valence-corrected chi connectivity index (χ1v) is 15.8. The summed E-state index contributed by atoms with van der Waals surface area (Å²) in [5, 5.41) is 12.7. The van der Waals surface area contributed by atoms with Crippen molar-refractivity contribution in [3.05, 3.63) is 83.3 Å². The molecule has 2 aromatic carbocycles. The number of imidazole rings is 1. The molecule has 48 heavy (non-hydrogen) atoms. The number of halogens is 3. The Bertz CT molecular complexity index is 2030. The molecule has 246 valence electrons. The standard InChI is InChI=1S/C34H30F3N7O4/c1-33(28-8-5-20(16-38)17-39-28)46-27-4-2-3-24(30(27)47-33)21-9-12-43(13-10-21)19-29-40-25-15-22(31-41-32(48-42-31)34(35,36)37)6-7-26(25)44(29)18-23-11-14-45-23/h2-8,15,17,21,23H,9-14,18-19H2,1H3. The number of alkyl halides is 3. The fraction of sp³-hybridized carbons (Fsp3) is 0.382.